The molecule has 5 rings (SSSR count). The average molecular weight is 479 g/mol. The fourth-order valence-corrected chi connectivity index (χ4v) is 5.33. The van der Waals surface area contributed by atoms with Crippen LogP contribution in [-0.2, 0) is 4.79 Å². The Morgan fingerprint density at radius 2 is 1.85 bits per heavy atom. The summed E-state index contributed by atoms with van der Waals surface area (Å²) in [6.45, 7) is 6.00. The summed E-state index contributed by atoms with van der Waals surface area (Å²) < 4.78 is 1.94. The van der Waals surface area contributed by atoms with E-state index < -0.39 is 12.0 Å². The van der Waals surface area contributed by atoms with Crippen molar-refractivity contribution in [3.8, 4) is 16.3 Å². The number of fused-ring (bicyclic) bond motifs is 3. The van der Waals surface area contributed by atoms with E-state index in [1.807, 2.05) is 35.8 Å². The molecule has 4 heterocycles. The predicted molar refractivity (Wildman–Crippen MR) is 127 cm³/mol. The van der Waals surface area contributed by atoms with Crippen LogP contribution in [0.25, 0.3) is 16.3 Å². The number of aliphatic carboxylic acids is 1. The highest BCUT2D eigenvalue weighted by Crippen LogP contribution is 2.39. The lowest BCUT2D eigenvalue weighted by molar-refractivity contribution is -0.137. The second-order valence-corrected chi connectivity index (χ2v) is 9.39. The molecular formula is C23H19ClN6O2S. The number of aryl methyl sites for hydroxylation is 2. The van der Waals surface area contributed by atoms with Gasteiger partial charge in [-0.15, -0.1) is 21.5 Å². The quantitative estimate of drug-likeness (QED) is 0.454. The molecule has 1 atom stereocenters. The van der Waals surface area contributed by atoms with Crippen LogP contribution in [0.5, 0.6) is 0 Å². The molecule has 3 aromatic heterocycles. The van der Waals surface area contributed by atoms with Crippen molar-refractivity contribution in [1.29, 1.82) is 0 Å². The van der Waals surface area contributed by atoms with E-state index in [1.54, 1.807) is 17.5 Å². The van der Waals surface area contributed by atoms with Crippen LogP contribution in [0, 0.1) is 20.8 Å². The van der Waals surface area contributed by atoms with Gasteiger partial charge in [-0.2, -0.15) is 0 Å². The van der Waals surface area contributed by atoms with Crippen LogP contribution < -0.4 is 0 Å². The van der Waals surface area contributed by atoms with Crippen molar-refractivity contribution in [2.24, 2.45) is 4.99 Å². The SMILES string of the molecule is Cc1sc2c(c1C)C(c1ccc(-c3cncc(Cl)n3)cc1)=N[C@@H](CC(=O)O)c1nnc(C)n1-2. The third-order valence-electron chi connectivity index (χ3n) is 5.67. The first-order valence-corrected chi connectivity index (χ1v) is 11.4. The number of hydrogen-bond donors (Lipinski definition) is 1. The molecule has 1 aliphatic rings. The van der Waals surface area contributed by atoms with E-state index in [9.17, 15) is 9.90 Å². The molecule has 0 radical (unpaired) electrons. The first-order valence-electron chi connectivity index (χ1n) is 10.2. The van der Waals surface area contributed by atoms with Crippen LogP contribution >= 0.6 is 22.9 Å². The summed E-state index contributed by atoms with van der Waals surface area (Å²) in [6.07, 6.45) is 2.97. The van der Waals surface area contributed by atoms with Gasteiger partial charge in [0.2, 0.25) is 0 Å². The maximum Gasteiger partial charge on any atom is 0.306 e. The molecule has 0 aliphatic carbocycles. The summed E-state index contributed by atoms with van der Waals surface area (Å²) >= 11 is 7.63. The van der Waals surface area contributed by atoms with E-state index in [2.05, 4.69) is 34.0 Å². The third kappa shape index (κ3) is 3.73. The number of carboxylic acids is 1. The van der Waals surface area contributed by atoms with Crippen molar-refractivity contribution >= 4 is 34.6 Å². The fourth-order valence-electron chi connectivity index (χ4n) is 3.97. The number of halogens is 1. The van der Waals surface area contributed by atoms with Crippen LogP contribution in [0.15, 0.2) is 41.7 Å². The Morgan fingerprint density at radius 3 is 2.55 bits per heavy atom. The largest absolute Gasteiger partial charge is 0.481 e. The summed E-state index contributed by atoms with van der Waals surface area (Å²) in [6, 6.07) is 7.15. The van der Waals surface area contributed by atoms with Gasteiger partial charge in [-0.05, 0) is 26.3 Å². The van der Waals surface area contributed by atoms with E-state index in [1.165, 1.54) is 6.20 Å². The molecule has 33 heavy (non-hydrogen) atoms. The molecule has 4 aromatic rings. The van der Waals surface area contributed by atoms with Crippen LogP contribution in [0.3, 0.4) is 0 Å². The molecule has 0 saturated carbocycles. The normalized spacial score (nSPS) is 14.9. The number of nitrogens with zero attached hydrogens (tertiary/aromatic N) is 6. The highest BCUT2D eigenvalue weighted by Gasteiger charge is 2.32. The number of thiophene rings is 1. The molecular weight excluding hydrogens is 460 g/mol. The zero-order valence-corrected chi connectivity index (χ0v) is 19.6. The number of aromatic nitrogens is 5. The summed E-state index contributed by atoms with van der Waals surface area (Å²) in [5, 5.41) is 19.4. The average Bonchev–Trinajstić information content (AvgIpc) is 3.26. The van der Waals surface area contributed by atoms with Gasteiger partial charge in [-0.25, -0.2) is 4.98 Å². The Hall–Kier alpha value is -3.43. The number of hydrogen-bond acceptors (Lipinski definition) is 7. The highest BCUT2D eigenvalue weighted by molar-refractivity contribution is 7.15. The van der Waals surface area contributed by atoms with Gasteiger partial charge in [0.15, 0.2) is 5.82 Å². The molecule has 0 spiro atoms. The number of benzene rings is 1. The molecule has 0 bridgehead atoms. The van der Waals surface area contributed by atoms with Crippen LogP contribution in [-0.4, -0.2) is 41.5 Å². The minimum Gasteiger partial charge on any atom is -0.481 e. The lowest BCUT2D eigenvalue weighted by atomic mass is 9.98. The van der Waals surface area contributed by atoms with Gasteiger partial charge < -0.3 is 5.11 Å². The topological polar surface area (TPSA) is 106 Å². The Balaban J connectivity index is 1.69. The maximum atomic E-state index is 11.7. The summed E-state index contributed by atoms with van der Waals surface area (Å²) in [7, 11) is 0. The second kappa shape index (κ2) is 8.17. The van der Waals surface area contributed by atoms with Crippen molar-refractivity contribution in [2.45, 2.75) is 33.2 Å². The Labute approximate surface area is 198 Å². The molecule has 0 amide bonds. The van der Waals surface area contributed by atoms with E-state index in [-0.39, 0.29) is 6.42 Å². The first-order chi connectivity index (χ1) is 15.8. The monoisotopic (exact) mass is 478 g/mol. The molecule has 10 heteroatoms. The zero-order chi connectivity index (χ0) is 23.3. The maximum absolute atomic E-state index is 11.7. The zero-order valence-electron chi connectivity index (χ0n) is 18.1. The lowest BCUT2D eigenvalue weighted by Crippen LogP contribution is -2.10. The predicted octanol–water partition coefficient (Wildman–Crippen LogP) is 4.73. The van der Waals surface area contributed by atoms with Gasteiger partial charge in [0.05, 0.1) is 30.2 Å². The summed E-state index contributed by atoms with van der Waals surface area (Å²) in [4.78, 5) is 26.2. The Morgan fingerprint density at radius 1 is 1.12 bits per heavy atom. The van der Waals surface area contributed by atoms with Gasteiger partial charge >= 0.3 is 5.97 Å². The van der Waals surface area contributed by atoms with E-state index in [4.69, 9.17) is 16.6 Å². The molecule has 0 saturated heterocycles. The Bertz CT molecular complexity index is 1420. The van der Waals surface area contributed by atoms with Crippen molar-refractivity contribution in [3.05, 3.63) is 75.0 Å². The van der Waals surface area contributed by atoms with E-state index in [0.717, 1.165) is 37.8 Å². The second-order valence-electron chi connectivity index (χ2n) is 7.80. The minimum atomic E-state index is -0.941. The standard InChI is InChI=1S/C23H19ClN6O2S/c1-11-12(2)33-23-20(11)21(27-16(8-19(31)32)22-29-28-13(3)30(22)23)15-6-4-14(5-7-15)17-9-25-10-18(24)26-17/h4-7,9-10,16H,8H2,1-3H3,(H,31,32)/t16-/m0/s1. The van der Waals surface area contributed by atoms with Crippen LogP contribution in [0.2, 0.25) is 5.15 Å². The van der Waals surface area contributed by atoms with E-state index in [0.29, 0.717) is 22.5 Å². The van der Waals surface area contributed by atoms with Gasteiger partial charge in [0.1, 0.15) is 22.0 Å². The van der Waals surface area contributed by atoms with Crippen LogP contribution in [0.1, 0.15) is 45.7 Å². The number of carbonyl (C=O) groups is 1. The molecule has 0 fully saturated rings. The molecule has 8 nitrogen and oxygen atoms in total. The van der Waals surface area contributed by atoms with Crippen LogP contribution in [0.4, 0.5) is 0 Å². The number of carboxylic acid groups (broad SMARTS) is 1. The fraction of sp³-hybridized carbons (Fsp3) is 0.217. The molecule has 1 aromatic carbocycles. The number of rotatable bonds is 4. The molecule has 166 valence electrons. The third-order valence-corrected chi connectivity index (χ3v) is 7.04. The van der Waals surface area contributed by atoms with Crippen molar-refractivity contribution < 1.29 is 9.90 Å². The van der Waals surface area contributed by atoms with Gasteiger partial charge in [-0.1, -0.05) is 35.9 Å². The smallest absolute Gasteiger partial charge is 0.306 e. The summed E-state index contributed by atoms with van der Waals surface area (Å²) in [5.41, 5.74) is 5.25. The number of aliphatic imine (C=N–C) groups is 1. The lowest BCUT2D eigenvalue weighted by Gasteiger charge is -2.11. The summed E-state index contributed by atoms with van der Waals surface area (Å²) in [5.74, 6) is 0.302. The molecule has 1 aliphatic heterocycles. The van der Waals surface area contributed by atoms with E-state index >= 15 is 0 Å². The Kier molecular flexibility index (Phi) is 5.30. The van der Waals surface area contributed by atoms with Crippen molar-refractivity contribution in [1.82, 2.24) is 24.7 Å². The molecule has 1 N–H and O–H groups in total. The van der Waals surface area contributed by atoms with Gasteiger partial charge in [-0.3, -0.25) is 19.3 Å². The van der Waals surface area contributed by atoms with Crippen molar-refractivity contribution in [2.75, 3.05) is 0 Å². The van der Waals surface area contributed by atoms with Gasteiger partial charge in [0, 0.05) is 21.6 Å². The minimum absolute atomic E-state index is 0.176. The van der Waals surface area contributed by atoms with Gasteiger partial charge in [0.25, 0.3) is 0 Å². The first kappa shape index (κ1) is 21.4. The molecule has 0 unspecified atom stereocenters. The van der Waals surface area contributed by atoms with Crippen molar-refractivity contribution in [3.63, 3.8) is 0 Å². The highest BCUT2D eigenvalue weighted by atomic mass is 35.5.